The molecule has 1 amide bonds. The molecule has 1 heterocycles. The first kappa shape index (κ1) is 14.0. The van der Waals surface area contributed by atoms with E-state index >= 15 is 0 Å². The molecule has 17 heavy (non-hydrogen) atoms. The van der Waals surface area contributed by atoms with Gasteiger partial charge in [-0.1, -0.05) is 13.8 Å². The molecule has 1 fully saturated rings. The SMILES string of the molecule is CC(C)C(C(=O)O)N(C)C(=O)C1CCCOC1. The Morgan fingerprint density at radius 2 is 2.06 bits per heavy atom. The summed E-state index contributed by atoms with van der Waals surface area (Å²) in [5.41, 5.74) is 0. The maximum atomic E-state index is 12.1. The number of carboxylic acids is 1. The number of carbonyl (C=O) groups is 2. The third-order valence-corrected chi connectivity index (χ3v) is 3.16. The molecule has 1 aliphatic heterocycles. The fraction of sp³-hybridized carbons (Fsp3) is 0.833. The standard InChI is InChI=1S/C12H21NO4/c1-8(2)10(12(15)16)13(3)11(14)9-5-4-6-17-7-9/h8-10H,4-7H2,1-3H3,(H,15,16). The summed E-state index contributed by atoms with van der Waals surface area (Å²) in [6.07, 6.45) is 1.65. The number of ether oxygens (including phenoxy) is 1. The third-order valence-electron chi connectivity index (χ3n) is 3.16. The predicted molar refractivity (Wildman–Crippen MR) is 62.6 cm³/mol. The topological polar surface area (TPSA) is 66.8 Å². The zero-order valence-electron chi connectivity index (χ0n) is 10.7. The van der Waals surface area contributed by atoms with Crippen LogP contribution in [0.25, 0.3) is 0 Å². The highest BCUT2D eigenvalue weighted by atomic mass is 16.5. The van der Waals surface area contributed by atoms with E-state index in [0.717, 1.165) is 12.8 Å². The van der Waals surface area contributed by atoms with Gasteiger partial charge in [0.15, 0.2) is 0 Å². The summed E-state index contributed by atoms with van der Waals surface area (Å²) in [5.74, 6) is -1.36. The number of hydrogen-bond acceptors (Lipinski definition) is 3. The van der Waals surface area contributed by atoms with Crippen LogP contribution in [0.4, 0.5) is 0 Å². The van der Waals surface area contributed by atoms with Crippen LogP contribution in [0.5, 0.6) is 0 Å². The number of aliphatic carboxylic acids is 1. The molecule has 1 aliphatic rings. The molecule has 1 N–H and O–H groups in total. The van der Waals surface area contributed by atoms with E-state index in [4.69, 9.17) is 9.84 Å². The lowest BCUT2D eigenvalue weighted by atomic mass is 9.97. The lowest BCUT2D eigenvalue weighted by molar-refractivity contribution is -0.154. The molecule has 2 atom stereocenters. The summed E-state index contributed by atoms with van der Waals surface area (Å²) in [6.45, 7) is 4.72. The molecule has 1 rings (SSSR count). The molecule has 0 aromatic rings. The normalized spacial score (nSPS) is 22.2. The maximum Gasteiger partial charge on any atom is 0.326 e. The average molecular weight is 243 g/mol. The molecule has 98 valence electrons. The van der Waals surface area contributed by atoms with Crippen LogP contribution in [0.1, 0.15) is 26.7 Å². The summed E-state index contributed by atoms with van der Waals surface area (Å²) < 4.78 is 5.26. The van der Waals surface area contributed by atoms with Crippen molar-refractivity contribution in [1.82, 2.24) is 4.90 Å². The highest BCUT2D eigenvalue weighted by Crippen LogP contribution is 2.19. The Bertz CT molecular complexity index is 284. The Labute approximate surface area is 102 Å². The number of amides is 1. The number of likely N-dealkylation sites (N-methyl/N-ethyl adjacent to an activating group) is 1. The minimum atomic E-state index is -0.951. The monoisotopic (exact) mass is 243 g/mol. The minimum Gasteiger partial charge on any atom is -0.480 e. The average Bonchev–Trinajstić information content (AvgIpc) is 2.28. The molecular formula is C12H21NO4. The van der Waals surface area contributed by atoms with Crippen LogP contribution in [0.3, 0.4) is 0 Å². The van der Waals surface area contributed by atoms with Crippen molar-refractivity contribution in [3.63, 3.8) is 0 Å². The molecule has 0 aromatic heterocycles. The summed E-state index contributed by atoms with van der Waals surface area (Å²) in [6, 6.07) is -0.760. The van der Waals surface area contributed by atoms with Gasteiger partial charge in [0.2, 0.25) is 5.91 Å². The van der Waals surface area contributed by atoms with Crippen molar-refractivity contribution in [1.29, 1.82) is 0 Å². The fourth-order valence-corrected chi connectivity index (χ4v) is 2.26. The van der Waals surface area contributed by atoms with Gasteiger partial charge in [-0.05, 0) is 18.8 Å². The van der Waals surface area contributed by atoms with E-state index in [0.29, 0.717) is 13.2 Å². The van der Waals surface area contributed by atoms with Crippen molar-refractivity contribution < 1.29 is 19.4 Å². The molecule has 5 heteroatoms. The van der Waals surface area contributed by atoms with Gasteiger partial charge in [0.05, 0.1) is 12.5 Å². The van der Waals surface area contributed by atoms with Crippen LogP contribution in [0, 0.1) is 11.8 Å². The predicted octanol–water partition coefficient (Wildman–Crippen LogP) is 0.981. The molecule has 0 aromatic carbocycles. The first-order valence-electron chi connectivity index (χ1n) is 6.02. The summed E-state index contributed by atoms with van der Waals surface area (Å²) in [7, 11) is 1.57. The Hall–Kier alpha value is -1.10. The summed E-state index contributed by atoms with van der Waals surface area (Å²) in [5, 5.41) is 9.14. The van der Waals surface area contributed by atoms with E-state index in [2.05, 4.69) is 0 Å². The van der Waals surface area contributed by atoms with Crippen LogP contribution < -0.4 is 0 Å². The molecule has 0 radical (unpaired) electrons. The van der Waals surface area contributed by atoms with Crippen LogP contribution in [-0.4, -0.2) is 48.2 Å². The molecule has 1 saturated heterocycles. The second-order valence-electron chi connectivity index (χ2n) is 4.89. The number of carbonyl (C=O) groups excluding carboxylic acids is 1. The van der Waals surface area contributed by atoms with Crippen molar-refractivity contribution in [2.24, 2.45) is 11.8 Å². The van der Waals surface area contributed by atoms with Gasteiger partial charge in [-0.2, -0.15) is 0 Å². The van der Waals surface area contributed by atoms with Crippen molar-refractivity contribution in [3.05, 3.63) is 0 Å². The Kier molecular flexibility index (Phi) is 4.93. The van der Waals surface area contributed by atoms with E-state index in [1.807, 2.05) is 0 Å². The summed E-state index contributed by atoms with van der Waals surface area (Å²) >= 11 is 0. The zero-order valence-corrected chi connectivity index (χ0v) is 10.7. The van der Waals surface area contributed by atoms with E-state index < -0.39 is 12.0 Å². The van der Waals surface area contributed by atoms with Crippen LogP contribution in [0.2, 0.25) is 0 Å². The first-order chi connectivity index (χ1) is 7.95. The minimum absolute atomic E-state index is 0.106. The molecule has 0 saturated carbocycles. The first-order valence-corrected chi connectivity index (χ1v) is 6.02. The van der Waals surface area contributed by atoms with Crippen molar-refractivity contribution in [2.75, 3.05) is 20.3 Å². The van der Waals surface area contributed by atoms with Crippen molar-refractivity contribution >= 4 is 11.9 Å². The van der Waals surface area contributed by atoms with Gasteiger partial charge < -0.3 is 14.7 Å². The van der Waals surface area contributed by atoms with Gasteiger partial charge in [0.1, 0.15) is 6.04 Å². The zero-order chi connectivity index (χ0) is 13.0. The van der Waals surface area contributed by atoms with Crippen LogP contribution in [-0.2, 0) is 14.3 Å². The molecular weight excluding hydrogens is 222 g/mol. The smallest absolute Gasteiger partial charge is 0.326 e. The second kappa shape index (κ2) is 6.00. The van der Waals surface area contributed by atoms with E-state index in [-0.39, 0.29) is 17.7 Å². The molecule has 5 nitrogen and oxygen atoms in total. The lowest BCUT2D eigenvalue weighted by Crippen LogP contribution is -2.49. The number of rotatable bonds is 4. The van der Waals surface area contributed by atoms with Crippen LogP contribution in [0.15, 0.2) is 0 Å². The van der Waals surface area contributed by atoms with Gasteiger partial charge in [-0.3, -0.25) is 4.79 Å². The fourth-order valence-electron chi connectivity index (χ4n) is 2.26. The van der Waals surface area contributed by atoms with Gasteiger partial charge in [-0.25, -0.2) is 4.79 Å². The second-order valence-corrected chi connectivity index (χ2v) is 4.89. The highest BCUT2D eigenvalue weighted by Gasteiger charge is 2.33. The Morgan fingerprint density at radius 3 is 2.47 bits per heavy atom. The van der Waals surface area contributed by atoms with Gasteiger partial charge in [0.25, 0.3) is 0 Å². The van der Waals surface area contributed by atoms with Crippen LogP contribution >= 0.6 is 0 Å². The van der Waals surface area contributed by atoms with Crippen molar-refractivity contribution in [3.8, 4) is 0 Å². The maximum absolute atomic E-state index is 12.1. The van der Waals surface area contributed by atoms with Gasteiger partial charge in [-0.15, -0.1) is 0 Å². The Balaban J connectivity index is 2.68. The van der Waals surface area contributed by atoms with Gasteiger partial charge in [0, 0.05) is 13.7 Å². The molecule has 2 unspecified atom stereocenters. The molecule has 0 bridgehead atoms. The number of nitrogens with zero attached hydrogens (tertiary/aromatic N) is 1. The summed E-state index contributed by atoms with van der Waals surface area (Å²) in [4.78, 5) is 24.6. The number of carboxylic acid groups (broad SMARTS) is 1. The number of hydrogen-bond donors (Lipinski definition) is 1. The largest absolute Gasteiger partial charge is 0.480 e. The molecule has 0 aliphatic carbocycles. The van der Waals surface area contributed by atoms with E-state index in [1.54, 1.807) is 20.9 Å². The quantitative estimate of drug-likeness (QED) is 0.799. The van der Waals surface area contributed by atoms with Gasteiger partial charge >= 0.3 is 5.97 Å². The van der Waals surface area contributed by atoms with E-state index in [9.17, 15) is 9.59 Å². The Morgan fingerprint density at radius 1 is 1.41 bits per heavy atom. The lowest BCUT2D eigenvalue weighted by Gasteiger charge is -2.32. The van der Waals surface area contributed by atoms with Crippen molar-refractivity contribution in [2.45, 2.75) is 32.7 Å². The highest BCUT2D eigenvalue weighted by molar-refractivity contribution is 5.85. The van der Waals surface area contributed by atoms with E-state index in [1.165, 1.54) is 4.90 Å². The third kappa shape index (κ3) is 3.43. The molecule has 0 spiro atoms.